The standard InChI is InChI=1S/C24H32N2O4S/c1-24(2,3)30-23(27)26-15-13-19(14-16-26)20-8-10-21(25-17-20)9-5-18-6-11-22(12-7-18)31(4,28)29/h6-8,10-12,17,19H,5,9,13-16H2,1-4H3. The zero-order valence-electron chi connectivity index (χ0n) is 18.8. The Morgan fingerprint density at radius 1 is 1.06 bits per heavy atom. The Hall–Kier alpha value is -2.41. The van der Waals surface area contributed by atoms with Crippen LogP contribution in [0.2, 0.25) is 0 Å². The van der Waals surface area contributed by atoms with Crippen LogP contribution in [0.3, 0.4) is 0 Å². The second-order valence-electron chi connectivity index (χ2n) is 9.24. The molecule has 0 aliphatic carbocycles. The van der Waals surface area contributed by atoms with E-state index in [0.29, 0.717) is 23.9 Å². The van der Waals surface area contributed by atoms with Crippen LogP contribution < -0.4 is 0 Å². The molecule has 0 bridgehead atoms. The first-order valence-electron chi connectivity index (χ1n) is 10.7. The average Bonchev–Trinajstić information content (AvgIpc) is 2.71. The Bertz CT molecular complexity index is 985. The van der Waals surface area contributed by atoms with Gasteiger partial charge in [-0.3, -0.25) is 4.98 Å². The maximum atomic E-state index is 12.2. The van der Waals surface area contributed by atoms with Crippen LogP contribution in [0, 0.1) is 0 Å². The molecule has 1 aromatic heterocycles. The number of carbonyl (C=O) groups excluding carboxylic acids is 1. The molecule has 6 nitrogen and oxygen atoms in total. The molecule has 168 valence electrons. The molecule has 0 radical (unpaired) electrons. The second-order valence-corrected chi connectivity index (χ2v) is 11.3. The minimum atomic E-state index is -3.16. The number of hydrogen-bond donors (Lipinski definition) is 0. The van der Waals surface area contributed by atoms with Gasteiger partial charge in [-0.05, 0) is 81.7 Å². The molecule has 0 N–H and O–H groups in total. The summed E-state index contributed by atoms with van der Waals surface area (Å²) in [5.74, 6) is 0.406. The molecule has 0 spiro atoms. The highest BCUT2D eigenvalue weighted by Gasteiger charge is 2.27. The molecule has 1 amide bonds. The first-order valence-corrected chi connectivity index (χ1v) is 12.6. The van der Waals surface area contributed by atoms with Gasteiger partial charge in [-0.25, -0.2) is 13.2 Å². The van der Waals surface area contributed by atoms with E-state index in [1.54, 1.807) is 17.0 Å². The van der Waals surface area contributed by atoms with Crippen LogP contribution in [0.15, 0.2) is 47.5 Å². The van der Waals surface area contributed by atoms with Gasteiger partial charge < -0.3 is 9.64 Å². The molecule has 1 aromatic carbocycles. The van der Waals surface area contributed by atoms with Crippen molar-refractivity contribution in [1.29, 1.82) is 0 Å². The number of pyridine rings is 1. The van der Waals surface area contributed by atoms with Crippen LogP contribution in [-0.2, 0) is 27.4 Å². The van der Waals surface area contributed by atoms with Gasteiger partial charge in [0.15, 0.2) is 9.84 Å². The zero-order chi connectivity index (χ0) is 22.6. The molecule has 2 heterocycles. The summed E-state index contributed by atoms with van der Waals surface area (Å²) in [4.78, 5) is 19.0. The molecule has 0 unspecified atom stereocenters. The van der Waals surface area contributed by atoms with E-state index in [1.165, 1.54) is 11.8 Å². The number of aromatic nitrogens is 1. The lowest BCUT2D eigenvalue weighted by atomic mass is 9.90. The van der Waals surface area contributed by atoms with Crippen molar-refractivity contribution in [3.8, 4) is 0 Å². The quantitative estimate of drug-likeness (QED) is 0.684. The van der Waals surface area contributed by atoms with Crippen LogP contribution in [0.5, 0.6) is 0 Å². The van der Waals surface area contributed by atoms with E-state index in [2.05, 4.69) is 17.1 Å². The topological polar surface area (TPSA) is 76.6 Å². The lowest BCUT2D eigenvalue weighted by Gasteiger charge is -2.33. The first-order chi connectivity index (χ1) is 14.5. The van der Waals surface area contributed by atoms with E-state index in [0.717, 1.165) is 36.9 Å². The molecule has 1 aliphatic rings. The Balaban J connectivity index is 1.50. The largest absolute Gasteiger partial charge is 0.444 e. The van der Waals surface area contributed by atoms with E-state index in [9.17, 15) is 13.2 Å². The molecule has 7 heteroatoms. The Kier molecular flexibility index (Phi) is 7.04. The Morgan fingerprint density at radius 3 is 2.23 bits per heavy atom. The molecule has 0 atom stereocenters. The molecule has 31 heavy (non-hydrogen) atoms. The number of nitrogens with zero attached hydrogens (tertiary/aromatic N) is 2. The van der Waals surface area contributed by atoms with Crippen molar-refractivity contribution in [3.05, 3.63) is 59.4 Å². The van der Waals surface area contributed by atoms with E-state index in [-0.39, 0.29) is 6.09 Å². The lowest BCUT2D eigenvalue weighted by molar-refractivity contribution is 0.0205. The number of ether oxygens (including phenoxy) is 1. The first kappa shape index (κ1) is 23.3. The van der Waals surface area contributed by atoms with Crippen molar-refractivity contribution in [3.63, 3.8) is 0 Å². The summed E-state index contributed by atoms with van der Waals surface area (Å²) in [6, 6.07) is 11.3. The van der Waals surface area contributed by atoms with Crippen molar-refractivity contribution in [2.24, 2.45) is 0 Å². The summed E-state index contributed by atoms with van der Waals surface area (Å²) in [5, 5.41) is 0. The maximum absolute atomic E-state index is 12.2. The van der Waals surface area contributed by atoms with Crippen molar-refractivity contribution >= 4 is 15.9 Å². The molecular formula is C24H32N2O4S. The zero-order valence-corrected chi connectivity index (χ0v) is 19.6. The highest BCUT2D eigenvalue weighted by Crippen LogP contribution is 2.28. The summed E-state index contributed by atoms with van der Waals surface area (Å²) >= 11 is 0. The number of hydrogen-bond acceptors (Lipinski definition) is 5. The predicted molar refractivity (Wildman–Crippen MR) is 121 cm³/mol. The molecular weight excluding hydrogens is 412 g/mol. The summed E-state index contributed by atoms with van der Waals surface area (Å²) in [7, 11) is -3.16. The molecule has 3 rings (SSSR count). The highest BCUT2D eigenvalue weighted by atomic mass is 32.2. The Labute approximate surface area is 185 Å². The van der Waals surface area contributed by atoms with Crippen LogP contribution in [0.4, 0.5) is 4.79 Å². The fraction of sp³-hybridized carbons (Fsp3) is 0.500. The van der Waals surface area contributed by atoms with Gasteiger partial charge in [0.2, 0.25) is 0 Å². The van der Waals surface area contributed by atoms with Crippen molar-refractivity contribution in [1.82, 2.24) is 9.88 Å². The molecule has 2 aromatic rings. The number of carbonyl (C=O) groups is 1. The average molecular weight is 445 g/mol. The van der Waals surface area contributed by atoms with Gasteiger partial charge in [0, 0.05) is 31.2 Å². The summed E-state index contributed by atoms with van der Waals surface area (Å²) in [6.07, 6.45) is 6.37. The third kappa shape index (κ3) is 6.79. The van der Waals surface area contributed by atoms with E-state index >= 15 is 0 Å². The van der Waals surface area contributed by atoms with Crippen LogP contribution >= 0.6 is 0 Å². The molecule has 0 saturated carbocycles. The van der Waals surface area contributed by atoms with Crippen LogP contribution in [0.1, 0.15) is 56.4 Å². The van der Waals surface area contributed by atoms with Crippen LogP contribution in [0.25, 0.3) is 0 Å². The monoisotopic (exact) mass is 444 g/mol. The van der Waals surface area contributed by atoms with Gasteiger partial charge >= 0.3 is 6.09 Å². The van der Waals surface area contributed by atoms with Crippen LogP contribution in [-0.4, -0.2) is 49.3 Å². The van der Waals surface area contributed by atoms with Crippen molar-refractivity contribution < 1.29 is 17.9 Å². The number of piperidine rings is 1. The summed E-state index contributed by atoms with van der Waals surface area (Å²) in [5.41, 5.74) is 2.85. The number of sulfone groups is 1. The smallest absolute Gasteiger partial charge is 0.410 e. The minimum Gasteiger partial charge on any atom is -0.444 e. The Morgan fingerprint density at radius 2 is 1.71 bits per heavy atom. The normalized spacial score (nSPS) is 15.7. The minimum absolute atomic E-state index is 0.232. The lowest BCUT2D eigenvalue weighted by Crippen LogP contribution is -2.41. The van der Waals surface area contributed by atoms with E-state index in [1.807, 2.05) is 39.1 Å². The fourth-order valence-corrected chi connectivity index (χ4v) is 4.35. The van der Waals surface area contributed by atoms with E-state index < -0.39 is 15.4 Å². The second kappa shape index (κ2) is 9.39. The van der Waals surface area contributed by atoms with E-state index in [4.69, 9.17) is 4.74 Å². The van der Waals surface area contributed by atoms with Gasteiger partial charge in [-0.15, -0.1) is 0 Å². The van der Waals surface area contributed by atoms with Crippen molar-refractivity contribution in [2.75, 3.05) is 19.3 Å². The number of amides is 1. The molecule has 1 saturated heterocycles. The molecule has 1 aliphatic heterocycles. The third-order valence-corrected chi connectivity index (χ3v) is 6.62. The van der Waals surface area contributed by atoms with Crippen molar-refractivity contribution in [2.45, 2.75) is 62.9 Å². The summed E-state index contributed by atoms with van der Waals surface area (Å²) < 4.78 is 28.6. The fourth-order valence-electron chi connectivity index (χ4n) is 3.72. The highest BCUT2D eigenvalue weighted by molar-refractivity contribution is 7.90. The SMILES string of the molecule is CC(C)(C)OC(=O)N1CCC(c2ccc(CCc3ccc(S(C)(=O)=O)cc3)nc2)CC1. The summed E-state index contributed by atoms with van der Waals surface area (Å²) in [6.45, 7) is 7.05. The predicted octanol–water partition coefficient (Wildman–Crippen LogP) is 4.38. The van der Waals surface area contributed by atoms with Gasteiger partial charge in [0.1, 0.15) is 5.60 Å². The number of likely N-dealkylation sites (tertiary alicyclic amines) is 1. The third-order valence-electron chi connectivity index (χ3n) is 5.49. The van der Waals surface area contributed by atoms with Gasteiger partial charge in [-0.2, -0.15) is 0 Å². The number of benzene rings is 1. The van der Waals surface area contributed by atoms with Gasteiger partial charge in [0.25, 0.3) is 0 Å². The molecule has 1 fully saturated rings. The number of aryl methyl sites for hydroxylation is 2. The van der Waals surface area contributed by atoms with Gasteiger partial charge in [0.05, 0.1) is 4.90 Å². The van der Waals surface area contributed by atoms with Gasteiger partial charge in [-0.1, -0.05) is 18.2 Å². The maximum Gasteiger partial charge on any atom is 0.410 e. The number of rotatable bonds is 5.